The molecule has 1 unspecified atom stereocenters. The normalized spacial score (nSPS) is 19.4. The van der Waals surface area contributed by atoms with Crippen LogP contribution in [0.1, 0.15) is 28.5 Å². The predicted octanol–water partition coefficient (Wildman–Crippen LogP) is 4.07. The molecule has 1 aliphatic rings. The van der Waals surface area contributed by atoms with Crippen molar-refractivity contribution in [2.75, 3.05) is 0 Å². The summed E-state index contributed by atoms with van der Waals surface area (Å²) in [4.78, 5) is 5.74. The first-order valence-corrected chi connectivity index (χ1v) is 6.71. The van der Waals surface area contributed by atoms with Gasteiger partial charge in [-0.15, -0.1) is 11.3 Å². The molecule has 0 aliphatic heterocycles. The van der Waals surface area contributed by atoms with Crippen LogP contribution < -0.4 is 0 Å². The molecular formula is C13H12ClNS. The maximum absolute atomic E-state index is 5.95. The highest BCUT2D eigenvalue weighted by molar-refractivity contribution is 7.15. The minimum atomic E-state index is 0.644. The van der Waals surface area contributed by atoms with Crippen LogP contribution in [0.4, 0.5) is 0 Å². The molecule has 2 aromatic rings. The van der Waals surface area contributed by atoms with E-state index in [1.165, 1.54) is 22.6 Å². The van der Waals surface area contributed by atoms with Crippen molar-refractivity contribution in [3.8, 4) is 0 Å². The molecule has 0 saturated heterocycles. The Balaban J connectivity index is 1.88. The third-order valence-electron chi connectivity index (χ3n) is 3.18. The summed E-state index contributed by atoms with van der Waals surface area (Å²) < 4.78 is 0.693. The molecule has 1 atom stereocenters. The van der Waals surface area contributed by atoms with Gasteiger partial charge in [0.1, 0.15) is 0 Å². The maximum Gasteiger partial charge on any atom is 0.184 e. The van der Waals surface area contributed by atoms with Gasteiger partial charge in [-0.05, 0) is 30.7 Å². The van der Waals surface area contributed by atoms with E-state index in [9.17, 15) is 0 Å². The van der Waals surface area contributed by atoms with E-state index in [1.807, 2.05) is 0 Å². The summed E-state index contributed by atoms with van der Waals surface area (Å²) in [5, 5.41) is 0. The third kappa shape index (κ3) is 1.87. The summed E-state index contributed by atoms with van der Waals surface area (Å²) in [7, 11) is 0. The summed E-state index contributed by atoms with van der Waals surface area (Å²) in [6.07, 6.45) is 3.36. The summed E-state index contributed by atoms with van der Waals surface area (Å²) in [5.74, 6) is 0.644. The Bertz CT molecular complexity index is 492. The van der Waals surface area contributed by atoms with Gasteiger partial charge in [0.05, 0.1) is 5.69 Å². The Hall–Kier alpha value is -0.860. The van der Waals surface area contributed by atoms with Crippen molar-refractivity contribution in [2.24, 2.45) is 0 Å². The molecule has 1 aromatic carbocycles. The number of fused-ring (bicyclic) bond motifs is 1. The summed E-state index contributed by atoms with van der Waals surface area (Å²) in [6, 6.07) is 10.7. The number of hydrogen-bond donors (Lipinski definition) is 0. The first-order chi connectivity index (χ1) is 7.83. The van der Waals surface area contributed by atoms with Gasteiger partial charge in [-0.25, -0.2) is 4.98 Å². The SMILES string of the molecule is Clc1nc2c(s1)CC(c1ccccc1)CC2. The Kier molecular flexibility index (Phi) is 2.70. The zero-order valence-electron chi connectivity index (χ0n) is 8.82. The van der Waals surface area contributed by atoms with Crippen molar-refractivity contribution in [1.29, 1.82) is 0 Å². The zero-order valence-corrected chi connectivity index (χ0v) is 10.4. The van der Waals surface area contributed by atoms with E-state index in [-0.39, 0.29) is 0 Å². The van der Waals surface area contributed by atoms with Crippen molar-refractivity contribution in [1.82, 2.24) is 4.98 Å². The summed E-state index contributed by atoms with van der Waals surface area (Å²) in [5.41, 5.74) is 2.67. The van der Waals surface area contributed by atoms with Gasteiger partial charge in [0.15, 0.2) is 4.47 Å². The Morgan fingerprint density at radius 1 is 1.25 bits per heavy atom. The highest BCUT2D eigenvalue weighted by atomic mass is 35.5. The predicted molar refractivity (Wildman–Crippen MR) is 68.3 cm³/mol. The molecule has 1 aliphatic carbocycles. The second kappa shape index (κ2) is 4.19. The molecule has 3 rings (SSSR count). The first kappa shape index (κ1) is 10.3. The maximum atomic E-state index is 5.95. The van der Waals surface area contributed by atoms with Crippen molar-refractivity contribution in [3.63, 3.8) is 0 Å². The van der Waals surface area contributed by atoms with Crippen LogP contribution in [0, 0.1) is 0 Å². The molecule has 82 valence electrons. The van der Waals surface area contributed by atoms with Gasteiger partial charge in [0, 0.05) is 4.88 Å². The van der Waals surface area contributed by atoms with Crippen molar-refractivity contribution < 1.29 is 0 Å². The molecule has 3 heteroatoms. The smallest absolute Gasteiger partial charge is 0.184 e. The lowest BCUT2D eigenvalue weighted by molar-refractivity contribution is 0.584. The molecule has 0 N–H and O–H groups in total. The lowest BCUT2D eigenvalue weighted by Gasteiger charge is -2.21. The third-order valence-corrected chi connectivity index (χ3v) is 4.41. The van der Waals surface area contributed by atoms with Crippen LogP contribution in [-0.4, -0.2) is 4.98 Å². The lowest BCUT2D eigenvalue weighted by Crippen LogP contribution is -2.11. The average Bonchev–Trinajstić information content (AvgIpc) is 2.69. The molecular weight excluding hydrogens is 238 g/mol. The van der Waals surface area contributed by atoms with Crippen molar-refractivity contribution in [2.45, 2.75) is 25.2 Å². The quantitative estimate of drug-likeness (QED) is 0.743. The molecule has 16 heavy (non-hydrogen) atoms. The van der Waals surface area contributed by atoms with Gasteiger partial charge in [-0.2, -0.15) is 0 Å². The number of benzene rings is 1. The molecule has 0 saturated carbocycles. The Morgan fingerprint density at radius 2 is 2.06 bits per heavy atom. The van der Waals surface area contributed by atoms with Crippen LogP contribution in [0.2, 0.25) is 4.47 Å². The highest BCUT2D eigenvalue weighted by Gasteiger charge is 2.23. The van der Waals surface area contributed by atoms with Crippen LogP contribution in [-0.2, 0) is 12.8 Å². The molecule has 1 aromatic heterocycles. The molecule has 0 radical (unpaired) electrons. The Morgan fingerprint density at radius 3 is 2.88 bits per heavy atom. The number of thiazole rings is 1. The van der Waals surface area contributed by atoms with E-state index >= 15 is 0 Å². The fourth-order valence-electron chi connectivity index (χ4n) is 2.35. The molecule has 1 nitrogen and oxygen atoms in total. The first-order valence-electron chi connectivity index (χ1n) is 5.52. The topological polar surface area (TPSA) is 12.9 Å². The van der Waals surface area contributed by atoms with E-state index in [4.69, 9.17) is 11.6 Å². The van der Waals surface area contributed by atoms with Crippen molar-refractivity contribution >= 4 is 22.9 Å². The fourth-order valence-corrected chi connectivity index (χ4v) is 3.64. The largest absolute Gasteiger partial charge is 0.230 e. The van der Waals surface area contributed by atoms with E-state index in [0.29, 0.717) is 10.4 Å². The van der Waals surface area contributed by atoms with E-state index in [1.54, 1.807) is 11.3 Å². The molecule has 0 spiro atoms. The number of halogens is 1. The van der Waals surface area contributed by atoms with Crippen LogP contribution in [0.25, 0.3) is 0 Å². The van der Waals surface area contributed by atoms with Crippen LogP contribution in [0.3, 0.4) is 0 Å². The number of aromatic nitrogens is 1. The van der Waals surface area contributed by atoms with E-state index in [0.717, 1.165) is 12.8 Å². The second-order valence-electron chi connectivity index (χ2n) is 4.19. The molecule has 1 heterocycles. The van der Waals surface area contributed by atoms with Crippen LogP contribution in [0.15, 0.2) is 30.3 Å². The number of hydrogen-bond acceptors (Lipinski definition) is 2. The molecule has 0 fully saturated rings. The molecule has 0 amide bonds. The van der Waals surface area contributed by atoms with Crippen LogP contribution in [0.5, 0.6) is 0 Å². The van der Waals surface area contributed by atoms with E-state index in [2.05, 4.69) is 35.3 Å². The highest BCUT2D eigenvalue weighted by Crippen LogP contribution is 2.36. The van der Waals surface area contributed by atoms with Gasteiger partial charge in [0.2, 0.25) is 0 Å². The van der Waals surface area contributed by atoms with Gasteiger partial charge in [0.25, 0.3) is 0 Å². The van der Waals surface area contributed by atoms with Gasteiger partial charge in [-0.1, -0.05) is 41.9 Å². The van der Waals surface area contributed by atoms with Gasteiger partial charge >= 0.3 is 0 Å². The summed E-state index contributed by atoms with van der Waals surface area (Å²) in [6.45, 7) is 0. The van der Waals surface area contributed by atoms with E-state index < -0.39 is 0 Å². The minimum Gasteiger partial charge on any atom is -0.230 e. The number of rotatable bonds is 1. The number of nitrogens with zero attached hydrogens (tertiary/aromatic N) is 1. The van der Waals surface area contributed by atoms with Gasteiger partial charge in [-0.3, -0.25) is 0 Å². The van der Waals surface area contributed by atoms with Gasteiger partial charge < -0.3 is 0 Å². The second-order valence-corrected chi connectivity index (χ2v) is 5.85. The average molecular weight is 250 g/mol. The Labute approximate surface area is 104 Å². The monoisotopic (exact) mass is 249 g/mol. The standard InChI is InChI=1S/C13H12ClNS/c14-13-15-11-7-6-10(8-12(11)16-13)9-4-2-1-3-5-9/h1-5,10H,6-8H2. The molecule has 0 bridgehead atoms. The minimum absolute atomic E-state index is 0.644. The number of aryl methyl sites for hydroxylation is 1. The van der Waals surface area contributed by atoms with Crippen LogP contribution >= 0.6 is 22.9 Å². The fraction of sp³-hybridized carbons (Fsp3) is 0.308. The summed E-state index contributed by atoms with van der Waals surface area (Å²) >= 11 is 7.59. The zero-order chi connectivity index (χ0) is 11.0. The van der Waals surface area contributed by atoms with Crippen molar-refractivity contribution in [3.05, 3.63) is 50.9 Å². The lowest BCUT2D eigenvalue weighted by atomic mass is 9.85.